The number of benzene rings is 2. The van der Waals surface area contributed by atoms with Gasteiger partial charge in [0.15, 0.2) is 11.6 Å². The Morgan fingerprint density at radius 1 is 0.947 bits per heavy atom. The fraction of sp³-hybridized carbons (Fsp3) is 0.200. The van der Waals surface area contributed by atoms with Crippen molar-refractivity contribution in [2.75, 3.05) is 6.54 Å². The molecule has 0 aliphatic carbocycles. The summed E-state index contributed by atoms with van der Waals surface area (Å²) in [5.74, 6) is -2.22. The van der Waals surface area contributed by atoms with Gasteiger partial charge in [0.1, 0.15) is 5.82 Å². The van der Waals surface area contributed by atoms with Crippen molar-refractivity contribution in [3.63, 3.8) is 0 Å². The minimum Gasteiger partial charge on any atom is -0.330 e. The lowest BCUT2D eigenvalue weighted by Gasteiger charge is -2.16. The molecular formula is C15H14F3N. The van der Waals surface area contributed by atoms with E-state index in [1.54, 1.807) is 12.1 Å². The molecule has 0 spiro atoms. The van der Waals surface area contributed by atoms with Crippen molar-refractivity contribution in [2.45, 2.75) is 12.3 Å². The van der Waals surface area contributed by atoms with Crippen LogP contribution >= 0.6 is 0 Å². The molecule has 1 unspecified atom stereocenters. The first-order valence-electron chi connectivity index (χ1n) is 6.00. The first-order chi connectivity index (χ1) is 9.11. The molecular weight excluding hydrogens is 251 g/mol. The zero-order chi connectivity index (χ0) is 13.8. The Labute approximate surface area is 109 Å². The van der Waals surface area contributed by atoms with Crippen LogP contribution in [0.3, 0.4) is 0 Å². The molecule has 0 heterocycles. The predicted molar refractivity (Wildman–Crippen MR) is 68.3 cm³/mol. The number of hydrogen-bond acceptors (Lipinski definition) is 1. The third kappa shape index (κ3) is 3.15. The Hall–Kier alpha value is -1.81. The van der Waals surface area contributed by atoms with Crippen LogP contribution in [-0.2, 0) is 6.42 Å². The highest BCUT2D eigenvalue weighted by Gasteiger charge is 2.15. The van der Waals surface area contributed by atoms with Crippen molar-refractivity contribution in [3.8, 4) is 0 Å². The molecule has 2 aromatic carbocycles. The van der Waals surface area contributed by atoms with Gasteiger partial charge in [-0.05, 0) is 42.3 Å². The minimum atomic E-state index is -0.868. The van der Waals surface area contributed by atoms with Gasteiger partial charge < -0.3 is 5.73 Å². The van der Waals surface area contributed by atoms with E-state index in [9.17, 15) is 13.2 Å². The van der Waals surface area contributed by atoms with E-state index >= 15 is 0 Å². The average molecular weight is 265 g/mol. The van der Waals surface area contributed by atoms with E-state index in [-0.39, 0.29) is 30.3 Å². The normalized spacial score (nSPS) is 12.4. The lowest BCUT2D eigenvalue weighted by molar-refractivity contribution is 0.493. The fourth-order valence-corrected chi connectivity index (χ4v) is 2.04. The Morgan fingerprint density at radius 3 is 2.26 bits per heavy atom. The molecule has 1 nitrogen and oxygen atoms in total. The summed E-state index contributed by atoms with van der Waals surface area (Å²) in [5, 5.41) is 0. The van der Waals surface area contributed by atoms with Gasteiger partial charge in [0.05, 0.1) is 0 Å². The SMILES string of the molecule is NCC(Cc1cccc(F)c1F)c1ccc(F)cc1. The van der Waals surface area contributed by atoms with Gasteiger partial charge in [-0.2, -0.15) is 0 Å². The van der Waals surface area contributed by atoms with E-state index in [2.05, 4.69) is 0 Å². The van der Waals surface area contributed by atoms with Crippen molar-refractivity contribution in [2.24, 2.45) is 5.73 Å². The molecule has 0 aromatic heterocycles. The smallest absolute Gasteiger partial charge is 0.162 e. The van der Waals surface area contributed by atoms with Crippen molar-refractivity contribution in [3.05, 3.63) is 71.0 Å². The van der Waals surface area contributed by atoms with Gasteiger partial charge in [-0.25, -0.2) is 13.2 Å². The Balaban J connectivity index is 2.24. The molecule has 0 saturated carbocycles. The summed E-state index contributed by atoms with van der Waals surface area (Å²) in [4.78, 5) is 0. The Bertz CT molecular complexity index is 552. The van der Waals surface area contributed by atoms with E-state index in [4.69, 9.17) is 5.73 Å². The van der Waals surface area contributed by atoms with Gasteiger partial charge in [-0.3, -0.25) is 0 Å². The van der Waals surface area contributed by atoms with Crippen LogP contribution < -0.4 is 5.73 Å². The molecule has 0 aliphatic rings. The lowest BCUT2D eigenvalue weighted by atomic mass is 9.92. The second-order valence-corrected chi connectivity index (χ2v) is 4.40. The predicted octanol–water partition coefficient (Wildman–Crippen LogP) is 3.39. The molecule has 0 aliphatic heterocycles. The molecule has 1 atom stereocenters. The molecule has 2 aromatic rings. The highest BCUT2D eigenvalue weighted by molar-refractivity contribution is 5.26. The first kappa shape index (κ1) is 13.6. The summed E-state index contributed by atoms with van der Waals surface area (Å²) < 4.78 is 39.6. The van der Waals surface area contributed by atoms with Crippen LogP contribution in [0, 0.1) is 17.5 Å². The summed E-state index contributed by atoms with van der Waals surface area (Å²) in [6, 6.07) is 9.97. The molecule has 0 amide bonds. The van der Waals surface area contributed by atoms with Crippen LogP contribution in [0.15, 0.2) is 42.5 Å². The highest BCUT2D eigenvalue weighted by atomic mass is 19.2. The zero-order valence-electron chi connectivity index (χ0n) is 10.2. The fourth-order valence-electron chi connectivity index (χ4n) is 2.04. The molecule has 2 rings (SSSR count). The van der Waals surface area contributed by atoms with Crippen molar-refractivity contribution in [1.82, 2.24) is 0 Å². The van der Waals surface area contributed by atoms with Gasteiger partial charge in [-0.1, -0.05) is 24.3 Å². The van der Waals surface area contributed by atoms with Gasteiger partial charge >= 0.3 is 0 Å². The third-order valence-corrected chi connectivity index (χ3v) is 3.12. The summed E-state index contributed by atoms with van der Waals surface area (Å²) in [6.07, 6.45) is 0.283. The molecule has 0 radical (unpaired) electrons. The molecule has 19 heavy (non-hydrogen) atoms. The molecule has 2 N–H and O–H groups in total. The van der Waals surface area contributed by atoms with Crippen LogP contribution in [0.25, 0.3) is 0 Å². The van der Waals surface area contributed by atoms with E-state index in [1.165, 1.54) is 24.3 Å². The molecule has 100 valence electrons. The third-order valence-electron chi connectivity index (χ3n) is 3.12. The summed E-state index contributed by atoms with van der Waals surface area (Å²) in [5.41, 5.74) is 6.76. The summed E-state index contributed by atoms with van der Waals surface area (Å²) >= 11 is 0. The zero-order valence-corrected chi connectivity index (χ0v) is 10.2. The van der Waals surface area contributed by atoms with E-state index in [1.807, 2.05) is 0 Å². The first-order valence-corrected chi connectivity index (χ1v) is 6.00. The average Bonchev–Trinajstić information content (AvgIpc) is 2.42. The molecule has 4 heteroatoms. The highest BCUT2D eigenvalue weighted by Crippen LogP contribution is 2.22. The summed E-state index contributed by atoms with van der Waals surface area (Å²) in [7, 11) is 0. The van der Waals surface area contributed by atoms with Crippen molar-refractivity contribution >= 4 is 0 Å². The van der Waals surface area contributed by atoms with Gasteiger partial charge in [0.2, 0.25) is 0 Å². The lowest BCUT2D eigenvalue weighted by Crippen LogP contribution is -2.16. The second-order valence-electron chi connectivity index (χ2n) is 4.40. The van der Waals surface area contributed by atoms with Crippen LogP contribution in [0.4, 0.5) is 13.2 Å². The van der Waals surface area contributed by atoms with E-state index in [0.29, 0.717) is 0 Å². The standard InChI is InChI=1S/C15H14F3N/c16-13-6-4-10(5-7-13)12(9-19)8-11-2-1-3-14(17)15(11)18/h1-7,12H,8-9,19H2. The van der Waals surface area contributed by atoms with E-state index in [0.717, 1.165) is 11.6 Å². The minimum absolute atomic E-state index is 0.170. The van der Waals surface area contributed by atoms with Crippen LogP contribution in [0.5, 0.6) is 0 Å². The molecule has 0 fully saturated rings. The number of halogens is 3. The van der Waals surface area contributed by atoms with E-state index < -0.39 is 11.6 Å². The van der Waals surface area contributed by atoms with Gasteiger partial charge in [-0.15, -0.1) is 0 Å². The monoisotopic (exact) mass is 265 g/mol. The summed E-state index contributed by atoms with van der Waals surface area (Å²) in [6.45, 7) is 0.279. The topological polar surface area (TPSA) is 26.0 Å². The Kier molecular flexibility index (Phi) is 4.22. The number of hydrogen-bond donors (Lipinski definition) is 1. The molecule has 0 bridgehead atoms. The quantitative estimate of drug-likeness (QED) is 0.901. The van der Waals surface area contributed by atoms with Crippen LogP contribution in [-0.4, -0.2) is 6.54 Å². The van der Waals surface area contributed by atoms with Gasteiger partial charge in [0, 0.05) is 5.92 Å². The van der Waals surface area contributed by atoms with Crippen molar-refractivity contribution in [1.29, 1.82) is 0 Å². The van der Waals surface area contributed by atoms with Crippen molar-refractivity contribution < 1.29 is 13.2 Å². The van der Waals surface area contributed by atoms with Crippen LogP contribution in [0.2, 0.25) is 0 Å². The van der Waals surface area contributed by atoms with Crippen LogP contribution in [0.1, 0.15) is 17.0 Å². The second kappa shape index (κ2) is 5.89. The maximum absolute atomic E-state index is 13.6. The molecule has 0 saturated heterocycles. The number of rotatable bonds is 4. The maximum Gasteiger partial charge on any atom is 0.162 e. The number of nitrogens with two attached hydrogens (primary N) is 1. The largest absolute Gasteiger partial charge is 0.330 e. The van der Waals surface area contributed by atoms with Gasteiger partial charge in [0.25, 0.3) is 0 Å². The Morgan fingerprint density at radius 2 is 1.63 bits per heavy atom. The maximum atomic E-state index is 13.6.